The van der Waals surface area contributed by atoms with E-state index in [1.54, 1.807) is 0 Å². The second-order valence-corrected chi connectivity index (χ2v) is 12.4. The van der Waals surface area contributed by atoms with Crippen molar-refractivity contribution in [2.24, 2.45) is 0 Å². The van der Waals surface area contributed by atoms with Crippen molar-refractivity contribution in [2.45, 2.75) is 39.7 Å². The fraction of sp³-hybridized carbons (Fsp3) is 0.304. The summed E-state index contributed by atoms with van der Waals surface area (Å²) in [5.74, 6) is 0. The molecular weight excluding hydrogens is 400 g/mol. The van der Waals surface area contributed by atoms with Crippen molar-refractivity contribution in [3.05, 3.63) is 82.9 Å². The third kappa shape index (κ3) is 4.45. The summed E-state index contributed by atoms with van der Waals surface area (Å²) in [6.45, 7) is 11.8. The van der Waals surface area contributed by atoms with Gasteiger partial charge >= 0.3 is 0 Å². The molecule has 26 heavy (non-hydrogen) atoms. The summed E-state index contributed by atoms with van der Waals surface area (Å²) in [6, 6.07) is 21.5. The van der Waals surface area contributed by atoms with E-state index in [4.69, 9.17) is 4.43 Å². The highest BCUT2D eigenvalue weighted by molar-refractivity contribution is 9.11. The molecule has 0 unspecified atom stereocenters. The Morgan fingerprint density at radius 1 is 0.885 bits per heavy atom. The summed E-state index contributed by atoms with van der Waals surface area (Å²) in [7, 11) is -2.44. The van der Waals surface area contributed by atoms with Gasteiger partial charge in [0.15, 0.2) is 0 Å². The number of halogens is 1. The normalized spacial score (nSPS) is 13.8. The molecule has 0 atom stereocenters. The van der Waals surface area contributed by atoms with Crippen molar-refractivity contribution >= 4 is 34.6 Å². The third-order valence-corrected chi connectivity index (χ3v) is 10.6. The summed E-state index contributed by atoms with van der Waals surface area (Å²) in [4.78, 5) is 1.96. The van der Waals surface area contributed by atoms with Crippen LogP contribution in [0.1, 0.15) is 34.6 Å². The minimum Gasteiger partial charge on any atom is -0.404 e. The molecule has 0 saturated heterocycles. The molecule has 138 valence electrons. The molecule has 0 aliphatic carbocycles. The van der Waals surface area contributed by atoms with Crippen molar-refractivity contribution in [3.63, 3.8) is 0 Å². The van der Waals surface area contributed by atoms with Crippen molar-refractivity contribution in [1.82, 2.24) is 0 Å². The molecule has 0 radical (unpaired) electrons. The van der Waals surface area contributed by atoms with Crippen LogP contribution in [0.15, 0.2) is 82.9 Å². The molecular formula is C23H29BrOSi. The van der Waals surface area contributed by atoms with Gasteiger partial charge in [0.2, 0.25) is 0 Å². The number of hydrogen-bond donors (Lipinski definition) is 0. The molecule has 2 aromatic carbocycles. The Balaban J connectivity index is 2.54. The van der Waals surface area contributed by atoms with Gasteiger partial charge in [-0.25, -0.2) is 0 Å². The molecule has 0 fully saturated rings. The molecule has 3 heteroatoms. The maximum atomic E-state index is 6.85. The third-order valence-electron chi connectivity index (χ3n) is 4.89. The SMILES string of the molecule is CC(=C\Br)/C(C)=C/CO[Si](c1ccccc1)(c1ccccc1)C(C)(C)C. The van der Waals surface area contributed by atoms with Crippen molar-refractivity contribution in [1.29, 1.82) is 0 Å². The first-order valence-corrected chi connectivity index (χ1v) is 11.8. The molecule has 0 aliphatic rings. The number of allylic oxidation sites excluding steroid dienone is 2. The predicted molar refractivity (Wildman–Crippen MR) is 120 cm³/mol. The monoisotopic (exact) mass is 428 g/mol. The number of hydrogen-bond acceptors (Lipinski definition) is 1. The molecule has 0 heterocycles. The fourth-order valence-corrected chi connectivity index (χ4v) is 8.15. The van der Waals surface area contributed by atoms with Crippen LogP contribution in [0.5, 0.6) is 0 Å². The zero-order valence-electron chi connectivity index (χ0n) is 16.4. The lowest BCUT2D eigenvalue weighted by molar-refractivity contribution is 0.338. The molecule has 0 bridgehead atoms. The highest BCUT2D eigenvalue weighted by Gasteiger charge is 2.49. The summed E-state index contributed by atoms with van der Waals surface area (Å²) in [5.41, 5.74) is 2.45. The van der Waals surface area contributed by atoms with Crippen LogP contribution < -0.4 is 10.4 Å². The van der Waals surface area contributed by atoms with Gasteiger partial charge < -0.3 is 4.43 Å². The Morgan fingerprint density at radius 3 is 1.73 bits per heavy atom. The van der Waals surface area contributed by atoms with Gasteiger partial charge in [-0.05, 0) is 45.4 Å². The van der Waals surface area contributed by atoms with Crippen LogP contribution in [0.3, 0.4) is 0 Å². The van der Waals surface area contributed by atoms with Gasteiger partial charge in [0.05, 0.1) is 6.61 Å². The van der Waals surface area contributed by atoms with Crippen molar-refractivity contribution < 1.29 is 4.43 Å². The smallest absolute Gasteiger partial charge is 0.261 e. The van der Waals surface area contributed by atoms with E-state index in [0.29, 0.717) is 6.61 Å². The van der Waals surface area contributed by atoms with Gasteiger partial charge in [-0.2, -0.15) is 0 Å². The summed E-state index contributed by atoms with van der Waals surface area (Å²) >= 11 is 3.42. The van der Waals surface area contributed by atoms with Gasteiger partial charge in [-0.3, -0.25) is 0 Å². The zero-order chi connectivity index (χ0) is 19.2. The number of benzene rings is 2. The second kappa shape index (κ2) is 8.98. The lowest BCUT2D eigenvalue weighted by atomic mass is 10.1. The second-order valence-electron chi connectivity index (χ2n) is 7.65. The average molecular weight is 429 g/mol. The van der Waals surface area contributed by atoms with E-state index in [2.05, 4.69) is 117 Å². The molecule has 0 saturated carbocycles. The average Bonchev–Trinajstić information content (AvgIpc) is 2.64. The van der Waals surface area contributed by atoms with Crippen LogP contribution in [0.2, 0.25) is 5.04 Å². The topological polar surface area (TPSA) is 9.23 Å². The molecule has 0 spiro atoms. The molecule has 0 aliphatic heterocycles. The van der Waals surface area contributed by atoms with Crippen molar-refractivity contribution in [3.8, 4) is 0 Å². The van der Waals surface area contributed by atoms with Crippen LogP contribution >= 0.6 is 15.9 Å². The van der Waals surface area contributed by atoms with Gasteiger partial charge in [-0.15, -0.1) is 0 Å². The maximum Gasteiger partial charge on any atom is 0.261 e. The summed E-state index contributed by atoms with van der Waals surface area (Å²) < 4.78 is 6.85. The first-order chi connectivity index (χ1) is 12.3. The van der Waals surface area contributed by atoms with Crippen LogP contribution in [0.25, 0.3) is 0 Å². The fourth-order valence-electron chi connectivity index (χ4n) is 3.30. The van der Waals surface area contributed by atoms with E-state index in [1.165, 1.54) is 21.5 Å². The summed E-state index contributed by atoms with van der Waals surface area (Å²) in [5, 5.41) is 2.65. The Bertz CT molecular complexity index is 718. The molecule has 2 aromatic rings. The summed E-state index contributed by atoms with van der Waals surface area (Å²) in [6.07, 6.45) is 2.19. The molecule has 0 aromatic heterocycles. The first-order valence-electron chi connectivity index (χ1n) is 9.02. The van der Waals surface area contributed by atoms with Crippen LogP contribution in [0, 0.1) is 0 Å². The van der Waals surface area contributed by atoms with Crippen LogP contribution in [-0.2, 0) is 4.43 Å². The first kappa shape index (κ1) is 20.9. The standard InChI is InChI=1S/C23H29BrOSi/c1-19(20(2)18-24)16-17-25-26(23(3,4)5,21-12-8-6-9-13-21)22-14-10-7-11-15-22/h6-16,18H,17H2,1-5H3/b19-16+,20-18+. The van der Waals surface area contributed by atoms with Gasteiger partial charge in [0.25, 0.3) is 8.32 Å². The largest absolute Gasteiger partial charge is 0.404 e. The Kier molecular flexibility index (Phi) is 7.21. The molecule has 2 rings (SSSR count). The van der Waals surface area contributed by atoms with E-state index in [1.807, 2.05) is 4.99 Å². The van der Waals surface area contributed by atoms with E-state index in [-0.39, 0.29) is 5.04 Å². The lowest BCUT2D eigenvalue weighted by Gasteiger charge is -2.42. The van der Waals surface area contributed by atoms with Crippen molar-refractivity contribution in [2.75, 3.05) is 6.61 Å². The van der Waals surface area contributed by atoms with E-state index in [9.17, 15) is 0 Å². The predicted octanol–water partition coefficient (Wildman–Crippen LogP) is 5.81. The minimum absolute atomic E-state index is 0.0117. The Morgan fingerprint density at radius 2 is 1.35 bits per heavy atom. The van der Waals surface area contributed by atoms with Crippen LogP contribution in [-0.4, -0.2) is 14.9 Å². The lowest BCUT2D eigenvalue weighted by Crippen LogP contribution is -2.66. The highest BCUT2D eigenvalue weighted by atomic mass is 79.9. The van der Waals surface area contributed by atoms with Gasteiger partial charge in [-0.1, -0.05) is 103 Å². The van der Waals surface area contributed by atoms with E-state index < -0.39 is 8.32 Å². The maximum absolute atomic E-state index is 6.85. The van der Waals surface area contributed by atoms with Gasteiger partial charge in [0, 0.05) is 0 Å². The van der Waals surface area contributed by atoms with E-state index >= 15 is 0 Å². The van der Waals surface area contributed by atoms with Crippen LogP contribution in [0.4, 0.5) is 0 Å². The zero-order valence-corrected chi connectivity index (χ0v) is 19.0. The quantitative estimate of drug-likeness (QED) is 0.416. The molecule has 1 nitrogen and oxygen atoms in total. The Hall–Kier alpha value is -1.42. The molecule has 0 amide bonds. The van der Waals surface area contributed by atoms with E-state index in [0.717, 1.165) is 0 Å². The highest BCUT2D eigenvalue weighted by Crippen LogP contribution is 2.36. The Labute approximate surface area is 168 Å². The molecule has 0 N–H and O–H groups in total. The van der Waals surface area contributed by atoms with Gasteiger partial charge in [0.1, 0.15) is 0 Å². The number of rotatable bonds is 6. The minimum atomic E-state index is -2.44.